The van der Waals surface area contributed by atoms with Crippen molar-refractivity contribution in [3.63, 3.8) is 0 Å². The highest BCUT2D eigenvalue weighted by Crippen LogP contribution is 2.33. The zero-order chi connectivity index (χ0) is 19.0. The number of halogens is 2. The van der Waals surface area contributed by atoms with E-state index in [4.69, 9.17) is 32.7 Å². The Morgan fingerprint density at radius 2 is 2.07 bits per heavy atom. The van der Waals surface area contributed by atoms with E-state index in [1.807, 2.05) is 22.8 Å². The average molecular weight is 421 g/mol. The first-order valence-corrected chi connectivity index (χ1v) is 9.71. The lowest BCUT2D eigenvalue weighted by molar-refractivity contribution is -0.127. The van der Waals surface area contributed by atoms with E-state index in [-0.39, 0.29) is 6.61 Å². The van der Waals surface area contributed by atoms with Gasteiger partial charge >= 0.3 is 0 Å². The van der Waals surface area contributed by atoms with E-state index in [0.29, 0.717) is 32.9 Å². The van der Waals surface area contributed by atoms with Crippen LogP contribution in [0.2, 0.25) is 10.0 Å². The predicted octanol–water partition coefficient (Wildman–Crippen LogP) is 4.46. The molecule has 138 valence electrons. The zero-order valence-electron chi connectivity index (χ0n) is 14.0. The molecule has 0 aliphatic carbocycles. The average Bonchev–Trinajstić information content (AvgIpc) is 3.02. The van der Waals surface area contributed by atoms with Crippen LogP contribution >= 0.6 is 34.5 Å². The molecule has 1 aliphatic rings. The van der Waals surface area contributed by atoms with E-state index < -0.39 is 12.0 Å². The minimum absolute atomic E-state index is 0.109. The SMILES string of the molecule is C=CCn1c(=NC(=O)C2COc3ccccc3O2)sc2ccc(Cl)c(Cl)c21. The van der Waals surface area contributed by atoms with Gasteiger partial charge in [-0.2, -0.15) is 4.99 Å². The number of amides is 1. The number of hydrogen-bond donors (Lipinski definition) is 0. The predicted molar refractivity (Wildman–Crippen MR) is 107 cm³/mol. The molecule has 2 aromatic carbocycles. The van der Waals surface area contributed by atoms with Crippen LogP contribution in [0.25, 0.3) is 10.2 Å². The molecule has 0 bridgehead atoms. The Hall–Kier alpha value is -2.28. The van der Waals surface area contributed by atoms with Gasteiger partial charge in [0, 0.05) is 6.54 Å². The molecule has 1 unspecified atom stereocenters. The normalized spacial score (nSPS) is 16.5. The van der Waals surface area contributed by atoms with Gasteiger partial charge in [0.15, 0.2) is 16.3 Å². The van der Waals surface area contributed by atoms with Crippen molar-refractivity contribution < 1.29 is 14.3 Å². The van der Waals surface area contributed by atoms with Gasteiger partial charge in [0.05, 0.1) is 20.3 Å². The molecule has 1 aliphatic heterocycles. The fourth-order valence-electron chi connectivity index (χ4n) is 2.79. The third kappa shape index (κ3) is 3.36. The summed E-state index contributed by atoms with van der Waals surface area (Å²) < 4.78 is 14.0. The molecule has 0 saturated carbocycles. The lowest BCUT2D eigenvalue weighted by atomic mass is 10.2. The number of carbonyl (C=O) groups excluding carboxylic acids is 1. The lowest BCUT2D eigenvalue weighted by Gasteiger charge is -2.23. The maximum absolute atomic E-state index is 12.7. The highest BCUT2D eigenvalue weighted by atomic mass is 35.5. The van der Waals surface area contributed by atoms with Crippen LogP contribution in [0.5, 0.6) is 11.5 Å². The molecule has 27 heavy (non-hydrogen) atoms. The Morgan fingerprint density at radius 3 is 2.85 bits per heavy atom. The van der Waals surface area contributed by atoms with E-state index in [2.05, 4.69) is 11.6 Å². The van der Waals surface area contributed by atoms with Gasteiger partial charge in [0.25, 0.3) is 5.91 Å². The van der Waals surface area contributed by atoms with Crippen molar-refractivity contribution in [3.05, 3.63) is 63.9 Å². The van der Waals surface area contributed by atoms with Gasteiger partial charge in [-0.15, -0.1) is 6.58 Å². The Morgan fingerprint density at radius 1 is 1.30 bits per heavy atom. The summed E-state index contributed by atoms with van der Waals surface area (Å²) in [5, 5.41) is 0.866. The standard InChI is InChI=1S/C19H14Cl2N2O3S/c1-2-9-23-17-15(8-7-11(20)16(17)21)27-19(23)22-18(24)14-10-25-12-5-3-4-6-13(12)26-14/h2-8,14H,1,9-10H2. The smallest absolute Gasteiger partial charge is 0.292 e. The Balaban J connectivity index is 1.74. The number of carbonyl (C=O) groups is 1. The minimum atomic E-state index is -0.804. The molecular formula is C19H14Cl2N2O3S. The van der Waals surface area contributed by atoms with Gasteiger partial charge in [0.2, 0.25) is 6.10 Å². The number of para-hydroxylation sites is 2. The highest BCUT2D eigenvalue weighted by molar-refractivity contribution is 7.16. The number of fused-ring (bicyclic) bond motifs is 2. The number of rotatable bonds is 3. The molecule has 0 spiro atoms. The van der Waals surface area contributed by atoms with Crippen LogP contribution in [-0.2, 0) is 11.3 Å². The Kier molecular flexibility index (Phi) is 4.95. The molecule has 8 heteroatoms. The second-order valence-corrected chi connectivity index (χ2v) is 7.60. The number of aromatic nitrogens is 1. The van der Waals surface area contributed by atoms with Gasteiger partial charge in [-0.05, 0) is 24.3 Å². The van der Waals surface area contributed by atoms with Gasteiger partial charge in [-0.1, -0.05) is 52.7 Å². The van der Waals surface area contributed by atoms with Crippen LogP contribution < -0.4 is 14.3 Å². The summed E-state index contributed by atoms with van der Waals surface area (Å²) in [4.78, 5) is 17.5. The molecule has 2 heterocycles. The summed E-state index contributed by atoms with van der Waals surface area (Å²) in [6, 6.07) is 10.8. The van der Waals surface area contributed by atoms with Gasteiger partial charge in [-0.25, -0.2) is 0 Å². The van der Waals surface area contributed by atoms with Crippen molar-refractivity contribution in [1.82, 2.24) is 4.57 Å². The van der Waals surface area contributed by atoms with Gasteiger partial charge in [0.1, 0.15) is 6.61 Å². The summed E-state index contributed by atoms with van der Waals surface area (Å²) in [6.45, 7) is 4.32. The largest absolute Gasteiger partial charge is 0.485 e. The fourth-order valence-corrected chi connectivity index (χ4v) is 4.32. The molecule has 1 atom stereocenters. The summed E-state index contributed by atoms with van der Waals surface area (Å²) >= 11 is 13.9. The van der Waals surface area contributed by atoms with Crippen LogP contribution in [-0.4, -0.2) is 23.2 Å². The number of allylic oxidation sites excluding steroid dienone is 1. The van der Waals surface area contributed by atoms with E-state index >= 15 is 0 Å². The molecule has 1 amide bonds. The number of thiazole rings is 1. The Bertz CT molecular complexity index is 1120. The summed E-state index contributed by atoms with van der Waals surface area (Å²) in [5.74, 6) is 0.727. The number of nitrogens with zero attached hydrogens (tertiary/aromatic N) is 2. The zero-order valence-corrected chi connectivity index (χ0v) is 16.4. The van der Waals surface area contributed by atoms with Crippen molar-refractivity contribution in [2.24, 2.45) is 4.99 Å². The summed E-state index contributed by atoms with van der Waals surface area (Å²) in [5.41, 5.74) is 0.728. The van der Waals surface area contributed by atoms with Crippen LogP contribution in [0.15, 0.2) is 54.0 Å². The van der Waals surface area contributed by atoms with Crippen molar-refractivity contribution in [2.75, 3.05) is 6.61 Å². The minimum Gasteiger partial charge on any atom is -0.485 e. The first-order valence-electron chi connectivity index (χ1n) is 8.14. The summed E-state index contributed by atoms with van der Waals surface area (Å²) in [6.07, 6.45) is 0.907. The van der Waals surface area contributed by atoms with Crippen molar-refractivity contribution in [3.8, 4) is 11.5 Å². The molecular weight excluding hydrogens is 407 g/mol. The van der Waals surface area contributed by atoms with Crippen LogP contribution in [0.4, 0.5) is 0 Å². The maximum atomic E-state index is 12.7. The van der Waals surface area contributed by atoms with Crippen LogP contribution in [0, 0.1) is 0 Å². The van der Waals surface area contributed by atoms with Crippen molar-refractivity contribution in [1.29, 1.82) is 0 Å². The van der Waals surface area contributed by atoms with Crippen molar-refractivity contribution in [2.45, 2.75) is 12.6 Å². The first-order chi connectivity index (χ1) is 13.1. The number of hydrogen-bond acceptors (Lipinski definition) is 4. The third-order valence-electron chi connectivity index (χ3n) is 4.04. The van der Waals surface area contributed by atoms with E-state index in [1.165, 1.54) is 11.3 Å². The number of benzene rings is 2. The molecule has 0 radical (unpaired) electrons. The second kappa shape index (κ2) is 7.38. The van der Waals surface area contributed by atoms with Gasteiger partial charge < -0.3 is 14.0 Å². The quantitative estimate of drug-likeness (QED) is 0.587. The van der Waals surface area contributed by atoms with Crippen LogP contribution in [0.1, 0.15) is 0 Å². The van der Waals surface area contributed by atoms with Crippen molar-refractivity contribution >= 4 is 50.7 Å². The van der Waals surface area contributed by atoms with E-state index in [9.17, 15) is 4.79 Å². The van der Waals surface area contributed by atoms with Gasteiger partial charge in [-0.3, -0.25) is 4.79 Å². The number of ether oxygens (including phenoxy) is 2. The molecule has 0 saturated heterocycles. The maximum Gasteiger partial charge on any atom is 0.292 e. The first kappa shape index (κ1) is 18.1. The van der Waals surface area contributed by atoms with E-state index in [0.717, 1.165) is 10.2 Å². The topological polar surface area (TPSA) is 52.8 Å². The monoisotopic (exact) mass is 420 g/mol. The second-order valence-electron chi connectivity index (χ2n) is 5.81. The third-order valence-corrected chi connectivity index (χ3v) is 5.87. The fraction of sp³-hybridized carbons (Fsp3) is 0.158. The molecule has 3 aromatic rings. The summed E-state index contributed by atoms with van der Waals surface area (Å²) in [7, 11) is 0. The van der Waals surface area contributed by atoms with Crippen LogP contribution in [0.3, 0.4) is 0 Å². The molecule has 0 N–H and O–H groups in total. The Labute approximate surface area is 169 Å². The molecule has 4 rings (SSSR count). The molecule has 1 aromatic heterocycles. The van der Waals surface area contributed by atoms with E-state index in [1.54, 1.807) is 24.3 Å². The lowest BCUT2D eigenvalue weighted by Crippen LogP contribution is -2.36. The highest BCUT2D eigenvalue weighted by Gasteiger charge is 2.27. The molecule has 5 nitrogen and oxygen atoms in total. The molecule has 0 fully saturated rings.